The van der Waals surface area contributed by atoms with Gasteiger partial charge in [-0.05, 0) is 24.6 Å². The van der Waals surface area contributed by atoms with Gasteiger partial charge in [-0.3, -0.25) is 9.59 Å². The van der Waals surface area contributed by atoms with Crippen LogP contribution < -0.4 is 0 Å². The maximum absolute atomic E-state index is 12.6. The third kappa shape index (κ3) is 3.40. The quantitative estimate of drug-likeness (QED) is 0.919. The molecule has 0 saturated carbocycles. The molecule has 1 saturated heterocycles. The molecule has 1 fully saturated rings. The van der Waals surface area contributed by atoms with Gasteiger partial charge in [-0.1, -0.05) is 23.7 Å². The second-order valence-corrected chi connectivity index (χ2v) is 5.92. The first-order valence-corrected chi connectivity index (χ1v) is 8.00. The van der Waals surface area contributed by atoms with Gasteiger partial charge in [0.2, 0.25) is 0 Å². The number of hydrogen-bond acceptors (Lipinski definition) is 2. The molecule has 1 aromatic heterocycles. The minimum Gasteiger partial charge on any atom is -0.367 e. The maximum Gasteiger partial charge on any atom is 0.255 e. The minimum absolute atomic E-state index is 0.00158. The Bertz CT molecular complexity index is 700. The number of aromatic amines is 1. The van der Waals surface area contributed by atoms with E-state index in [-0.39, 0.29) is 11.8 Å². The lowest BCUT2D eigenvalue weighted by Crippen LogP contribution is -2.37. The lowest BCUT2D eigenvalue weighted by atomic mass is 10.2. The van der Waals surface area contributed by atoms with Crippen molar-refractivity contribution in [1.82, 2.24) is 14.8 Å². The number of carbonyl (C=O) groups excluding carboxylic acids is 2. The Hall–Kier alpha value is -2.27. The van der Waals surface area contributed by atoms with Crippen LogP contribution >= 0.6 is 11.6 Å². The summed E-state index contributed by atoms with van der Waals surface area (Å²) in [5.41, 5.74) is 1.16. The van der Waals surface area contributed by atoms with Crippen LogP contribution in [0.5, 0.6) is 0 Å². The molecule has 120 valence electrons. The van der Waals surface area contributed by atoms with Crippen molar-refractivity contribution in [2.24, 2.45) is 0 Å². The normalized spacial score (nSPS) is 15.3. The summed E-state index contributed by atoms with van der Waals surface area (Å²) in [6, 6.07) is 8.82. The Morgan fingerprint density at radius 1 is 0.957 bits per heavy atom. The van der Waals surface area contributed by atoms with E-state index >= 15 is 0 Å². The fraction of sp³-hybridized carbons (Fsp3) is 0.294. The molecule has 1 N–H and O–H groups in total. The van der Waals surface area contributed by atoms with Crippen LogP contribution in [0.15, 0.2) is 42.7 Å². The summed E-state index contributed by atoms with van der Waals surface area (Å²) in [6.07, 6.45) is 4.19. The first-order valence-electron chi connectivity index (χ1n) is 7.62. The van der Waals surface area contributed by atoms with Crippen molar-refractivity contribution in [3.05, 3.63) is 58.9 Å². The molecule has 3 rings (SSSR count). The van der Waals surface area contributed by atoms with Crippen LogP contribution in [0.2, 0.25) is 5.02 Å². The molecule has 1 aliphatic heterocycles. The van der Waals surface area contributed by atoms with E-state index in [1.54, 1.807) is 52.5 Å². The lowest BCUT2D eigenvalue weighted by Gasteiger charge is -2.22. The van der Waals surface area contributed by atoms with Gasteiger partial charge in [0.15, 0.2) is 0 Å². The molecule has 2 heterocycles. The zero-order chi connectivity index (χ0) is 16.2. The van der Waals surface area contributed by atoms with Crippen LogP contribution in [0.4, 0.5) is 0 Å². The highest BCUT2D eigenvalue weighted by molar-refractivity contribution is 6.33. The van der Waals surface area contributed by atoms with Crippen molar-refractivity contribution in [1.29, 1.82) is 0 Å². The molecular formula is C17H18ClN3O2. The zero-order valence-corrected chi connectivity index (χ0v) is 13.4. The number of aromatic nitrogens is 1. The first kappa shape index (κ1) is 15.6. The molecule has 23 heavy (non-hydrogen) atoms. The van der Waals surface area contributed by atoms with E-state index in [0.29, 0.717) is 42.3 Å². The Morgan fingerprint density at radius 3 is 2.30 bits per heavy atom. The van der Waals surface area contributed by atoms with Gasteiger partial charge in [0.05, 0.1) is 16.1 Å². The van der Waals surface area contributed by atoms with Gasteiger partial charge in [0.25, 0.3) is 11.8 Å². The summed E-state index contributed by atoms with van der Waals surface area (Å²) in [4.78, 5) is 31.5. The topological polar surface area (TPSA) is 56.4 Å². The molecule has 1 aromatic carbocycles. The molecule has 0 bridgehead atoms. The largest absolute Gasteiger partial charge is 0.367 e. The summed E-state index contributed by atoms with van der Waals surface area (Å²) >= 11 is 6.11. The number of rotatable bonds is 2. The molecule has 6 heteroatoms. The Kier molecular flexibility index (Phi) is 4.67. The van der Waals surface area contributed by atoms with Gasteiger partial charge in [-0.25, -0.2) is 0 Å². The minimum atomic E-state index is -0.0773. The lowest BCUT2D eigenvalue weighted by molar-refractivity contribution is 0.0719. The van der Waals surface area contributed by atoms with E-state index in [9.17, 15) is 9.59 Å². The van der Waals surface area contributed by atoms with Crippen molar-refractivity contribution >= 4 is 23.4 Å². The number of nitrogens with one attached hydrogen (secondary N) is 1. The number of carbonyl (C=O) groups is 2. The number of amides is 2. The third-order valence-corrected chi connectivity index (χ3v) is 4.35. The van der Waals surface area contributed by atoms with Crippen LogP contribution in [0.3, 0.4) is 0 Å². The summed E-state index contributed by atoms with van der Waals surface area (Å²) in [5.74, 6) is -0.0789. The SMILES string of the molecule is O=C(c1cc[nH]c1)N1CCCN(C(=O)c2ccccc2Cl)CC1. The molecule has 5 nitrogen and oxygen atoms in total. The van der Waals surface area contributed by atoms with Crippen molar-refractivity contribution in [2.75, 3.05) is 26.2 Å². The number of H-pyrrole nitrogens is 1. The summed E-state index contributed by atoms with van der Waals surface area (Å²) in [5, 5.41) is 0.460. The van der Waals surface area contributed by atoms with E-state index in [4.69, 9.17) is 11.6 Å². The fourth-order valence-corrected chi connectivity index (χ4v) is 2.98. The average Bonchev–Trinajstić information content (AvgIpc) is 2.98. The monoisotopic (exact) mass is 331 g/mol. The second-order valence-electron chi connectivity index (χ2n) is 5.52. The van der Waals surface area contributed by atoms with Crippen LogP contribution in [0, 0.1) is 0 Å². The van der Waals surface area contributed by atoms with E-state index in [0.717, 1.165) is 6.42 Å². The highest BCUT2D eigenvalue weighted by Crippen LogP contribution is 2.18. The smallest absolute Gasteiger partial charge is 0.255 e. The number of benzene rings is 1. The third-order valence-electron chi connectivity index (χ3n) is 4.02. The van der Waals surface area contributed by atoms with E-state index in [1.165, 1.54) is 0 Å². The van der Waals surface area contributed by atoms with Crippen LogP contribution in [0.1, 0.15) is 27.1 Å². The summed E-state index contributed by atoms with van der Waals surface area (Å²) in [7, 11) is 0. The highest BCUT2D eigenvalue weighted by Gasteiger charge is 2.24. The predicted molar refractivity (Wildman–Crippen MR) is 88.7 cm³/mol. The molecule has 2 amide bonds. The summed E-state index contributed by atoms with van der Waals surface area (Å²) < 4.78 is 0. The molecule has 0 atom stereocenters. The summed E-state index contributed by atoms with van der Waals surface area (Å²) in [6.45, 7) is 2.32. The Morgan fingerprint density at radius 2 is 1.65 bits per heavy atom. The van der Waals surface area contributed by atoms with Gasteiger partial charge < -0.3 is 14.8 Å². The molecule has 2 aromatic rings. The zero-order valence-electron chi connectivity index (χ0n) is 12.7. The first-order chi connectivity index (χ1) is 11.2. The van der Waals surface area contributed by atoms with Crippen molar-refractivity contribution in [2.45, 2.75) is 6.42 Å². The van der Waals surface area contributed by atoms with E-state index in [2.05, 4.69) is 4.98 Å². The van der Waals surface area contributed by atoms with E-state index in [1.807, 2.05) is 0 Å². The van der Waals surface area contributed by atoms with Crippen molar-refractivity contribution in [3.8, 4) is 0 Å². The average molecular weight is 332 g/mol. The van der Waals surface area contributed by atoms with Crippen LogP contribution in [-0.2, 0) is 0 Å². The van der Waals surface area contributed by atoms with Crippen LogP contribution in [0.25, 0.3) is 0 Å². The fourth-order valence-electron chi connectivity index (χ4n) is 2.77. The Labute approximate surface area is 139 Å². The number of nitrogens with zero attached hydrogens (tertiary/aromatic N) is 2. The number of hydrogen-bond donors (Lipinski definition) is 1. The van der Waals surface area contributed by atoms with Gasteiger partial charge in [0.1, 0.15) is 0 Å². The van der Waals surface area contributed by atoms with E-state index < -0.39 is 0 Å². The molecule has 0 unspecified atom stereocenters. The number of halogens is 1. The highest BCUT2D eigenvalue weighted by atomic mass is 35.5. The second kappa shape index (κ2) is 6.87. The molecule has 0 spiro atoms. The molecule has 1 aliphatic rings. The standard InChI is InChI=1S/C17H18ClN3O2/c18-15-5-2-1-4-14(15)17(23)21-9-3-8-20(10-11-21)16(22)13-6-7-19-12-13/h1-2,4-7,12,19H,3,8-11H2. The van der Waals surface area contributed by atoms with Gasteiger partial charge >= 0.3 is 0 Å². The van der Waals surface area contributed by atoms with Gasteiger partial charge in [-0.2, -0.15) is 0 Å². The van der Waals surface area contributed by atoms with Crippen LogP contribution in [-0.4, -0.2) is 52.8 Å². The molecule has 0 aliphatic carbocycles. The van der Waals surface area contributed by atoms with Crippen molar-refractivity contribution < 1.29 is 9.59 Å². The van der Waals surface area contributed by atoms with Crippen molar-refractivity contribution in [3.63, 3.8) is 0 Å². The van der Waals surface area contributed by atoms with Gasteiger partial charge in [-0.15, -0.1) is 0 Å². The predicted octanol–water partition coefficient (Wildman–Crippen LogP) is 2.66. The molecule has 0 radical (unpaired) electrons. The Balaban J connectivity index is 1.68. The van der Waals surface area contributed by atoms with Gasteiger partial charge in [0, 0.05) is 38.6 Å². The molecular weight excluding hydrogens is 314 g/mol. The maximum atomic E-state index is 12.6.